The Morgan fingerprint density at radius 3 is 2.32 bits per heavy atom. The topological polar surface area (TPSA) is 44.1 Å². The number of nitriles is 1. The van der Waals surface area contributed by atoms with Gasteiger partial charge in [0.05, 0.1) is 17.7 Å². The van der Waals surface area contributed by atoms with Gasteiger partial charge in [-0.3, -0.25) is 4.79 Å². The lowest BCUT2D eigenvalue weighted by atomic mass is 10.1. The van der Waals surface area contributed by atoms with Crippen molar-refractivity contribution in [3.05, 3.63) is 70.8 Å². The molecule has 0 unspecified atom stereocenters. The van der Waals surface area contributed by atoms with Crippen LogP contribution in [0.15, 0.2) is 42.5 Å². The summed E-state index contributed by atoms with van der Waals surface area (Å²) in [5.41, 5.74) is 1.40. The molecule has 0 N–H and O–H groups in total. The van der Waals surface area contributed by atoms with Crippen LogP contribution < -0.4 is 0 Å². The molecule has 3 nitrogen and oxygen atoms in total. The number of hydrogen-bond acceptors (Lipinski definition) is 2. The second-order valence-corrected chi connectivity index (χ2v) is 4.95. The third kappa shape index (κ3) is 3.12. The molecule has 0 radical (unpaired) electrons. The van der Waals surface area contributed by atoms with E-state index in [0.29, 0.717) is 16.7 Å². The summed E-state index contributed by atoms with van der Waals surface area (Å²) in [6, 6.07) is 11.4. The van der Waals surface area contributed by atoms with E-state index in [0.717, 1.165) is 12.1 Å². The fourth-order valence-electron chi connectivity index (χ4n) is 2.06. The molecule has 0 aromatic heterocycles. The zero-order chi connectivity index (χ0) is 16.3. The van der Waals surface area contributed by atoms with Gasteiger partial charge in [-0.1, -0.05) is 6.07 Å². The molecule has 0 saturated carbocycles. The standard InChI is InChI=1S/C17H14F2N2O/c1-11(14-7-8-15(18)16(19)9-14)21(2)17(22)13-5-3-12(10-20)4-6-13/h3-9,11H,1-2H3/t11-/m0/s1. The predicted molar refractivity (Wildman–Crippen MR) is 78.0 cm³/mol. The van der Waals surface area contributed by atoms with Crippen LogP contribution in [-0.4, -0.2) is 17.9 Å². The summed E-state index contributed by atoms with van der Waals surface area (Å²) < 4.78 is 26.3. The first-order chi connectivity index (χ1) is 10.4. The van der Waals surface area contributed by atoms with Gasteiger partial charge in [-0.2, -0.15) is 5.26 Å². The van der Waals surface area contributed by atoms with Crippen LogP contribution in [0.1, 0.15) is 34.5 Å². The molecule has 0 aliphatic carbocycles. The molecule has 0 bridgehead atoms. The lowest BCUT2D eigenvalue weighted by Crippen LogP contribution is -2.29. The molecule has 5 heteroatoms. The molecule has 0 aliphatic heterocycles. The normalized spacial score (nSPS) is 11.6. The van der Waals surface area contributed by atoms with Crippen molar-refractivity contribution in [2.45, 2.75) is 13.0 Å². The van der Waals surface area contributed by atoms with E-state index in [2.05, 4.69) is 0 Å². The molecule has 22 heavy (non-hydrogen) atoms. The van der Waals surface area contributed by atoms with Crippen LogP contribution in [-0.2, 0) is 0 Å². The van der Waals surface area contributed by atoms with Crippen LogP contribution in [0.4, 0.5) is 8.78 Å². The summed E-state index contributed by atoms with van der Waals surface area (Å²) in [6.07, 6.45) is 0. The average Bonchev–Trinajstić information content (AvgIpc) is 2.55. The van der Waals surface area contributed by atoms with E-state index < -0.39 is 17.7 Å². The second kappa shape index (κ2) is 6.35. The van der Waals surface area contributed by atoms with Gasteiger partial charge in [0.1, 0.15) is 0 Å². The fourth-order valence-corrected chi connectivity index (χ4v) is 2.06. The van der Waals surface area contributed by atoms with Gasteiger partial charge in [-0.25, -0.2) is 8.78 Å². The molecule has 0 aliphatic rings. The largest absolute Gasteiger partial charge is 0.335 e. The van der Waals surface area contributed by atoms with Crippen LogP contribution in [0.2, 0.25) is 0 Å². The molecule has 2 aromatic rings. The summed E-state index contributed by atoms with van der Waals surface area (Å²) in [4.78, 5) is 13.8. The maximum absolute atomic E-state index is 13.3. The van der Waals surface area contributed by atoms with Crippen LogP contribution >= 0.6 is 0 Å². The highest BCUT2D eigenvalue weighted by molar-refractivity contribution is 5.94. The highest BCUT2D eigenvalue weighted by atomic mass is 19.2. The van der Waals surface area contributed by atoms with Gasteiger partial charge in [-0.15, -0.1) is 0 Å². The van der Waals surface area contributed by atoms with Crippen molar-refractivity contribution in [2.24, 2.45) is 0 Å². The second-order valence-electron chi connectivity index (χ2n) is 4.95. The highest BCUT2D eigenvalue weighted by Crippen LogP contribution is 2.22. The molecule has 0 heterocycles. The number of benzene rings is 2. The van der Waals surface area contributed by atoms with E-state index in [-0.39, 0.29) is 5.91 Å². The molecule has 0 spiro atoms. The van der Waals surface area contributed by atoms with Gasteiger partial charge in [0.2, 0.25) is 0 Å². The third-order valence-corrected chi connectivity index (χ3v) is 3.59. The minimum absolute atomic E-state index is 0.262. The third-order valence-electron chi connectivity index (χ3n) is 3.59. The fraction of sp³-hybridized carbons (Fsp3) is 0.176. The van der Waals surface area contributed by atoms with E-state index in [1.54, 1.807) is 38.2 Å². The van der Waals surface area contributed by atoms with Crippen molar-refractivity contribution >= 4 is 5.91 Å². The Hall–Kier alpha value is -2.74. The molecule has 1 atom stereocenters. The van der Waals surface area contributed by atoms with E-state index in [1.165, 1.54) is 11.0 Å². The molecular formula is C17H14F2N2O. The molecule has 2 aromatic carbocycles. The molecule has 0 saturated heterocycles. The minimum atomic E-state index is -0.941. The number of carbonyl (C=O) groups excluding carboxylic acids is 1. The first kappa shape index (κ1) is 15.6. The van der Waals surface area contributed by atoms with Crippen molar-refractivity contribution in [3.63, 3.8) is 0 Å². The molecule has 2 rings (SSSR count). The Morgan fingerprint density at radius 2 is 1.77 bits per heavy atom. The van der Waals surface area contributed by atoms with Gasteiger partial charge in [0.15, 0.2) is 11.6 Å². The quantitative estimate of drug-likeness (QED) is 0.868. The van der Waals surface area contributed by atoms with Gasteiger partial charge >= 0.3 is 0 Å². The van der Waals surface area contributed by atoms with E-state index in [1.807, 2.05) is 6.07 Å². The first-order valence-electron chi connectivity index (χ1n) is 6.66. The smallest absolute Gasteiger partial charge is 0.254 e. The number of halogens is 2. The summed E-state index contributed by atoms with van der Waals surface area (Å²) in [5.74, 6) is -2.12. The van der Waals surface area contributed by atoms with Crippen LogP contribution in [0.3, 0.4) is 0 Å². The molecule has 1 amide bonds. The maximum Gasteiger partial charge on any atom is 0.254 e. The number of rotatable bonds is 3. The van der Waals surface area contributed by atoms with Crippen LogP contribution in [0.25, 0.3) is 0 Å². The zero-order valence-corrected chi connectivity index (χ0v) is 12.2. The molecule has 0 fully saturated rings. The van der Waals surface area contributed by atoms with Crippen LogP contribution in [0, 0.1) is 23.0 Å². The highest BCUT2D eigenvalue weighted by Gasteiger charge is 2.20. The zero-order valence-electron chi connectivity index (χ0n) is 12.2. The summed E-state index contributed by atoms with van der Waals surface area (Å²) in [5, 5.41) is 8.75. The van der Waals surface area contributed by atoms with Gasteiger partial charge in [0.25, 0.3) is 5.91 Å². The number of nitrogens with zero attached hydrogens (tertiary/aromatic N) is 2. The van der Waals surface area contributed by atoms with E-state index in [9.17, 15) is 13.6 Å². The molecule has 112 valence electrons. The summed E-state index contributed by atoms with van der Waals surface area (Å²) >= 11 is 0. The van der Waals surface area contributed by atoms with Crippen LogP contribution in [0.5, 0.6) is 0 Å². The Balaban J connectivity index is 2.21. The Kier molecular flexibility index (Phi) is 4.52. The lowest BCUT2D eigenvalue weighted by Gasteiger charge is -2.25. The SMILES string of the molecule is C[C@@H](c1ccc(F)c(F)c1)N(C)C(=O)c1ccc(C#N)cc1. The van der Waals surface area contributed by atoms with E-state index >= 15 is 0 Å². The average molecular weight is 300 g/mol. The van der Waals surface area contributed by atoms with Crippen molar-refractivity contribution in [1.29, 1.82) is 5.26 Å². The number of hydrogen-bond donors (Lipinski definition) is 0. The molecular weight excluding hydrogens is 286 g/mol. The van der Waals surface area contributed by atoms with Gasteiger partial charge in [0, 0.05) is 12.6 Å². The Bertz CT molecular complexity index is 735. The Labute approximate surface area is 127 Å². The van der Waals surface area contributed by atoms with Gasteiger partial charge in [-0.05, 0) is 48.9 Å². The van der Waals surface area contributed by atoms with Crippen molar-refractivity contribution in [3.8, 4) is 6.07 Å². The minimum Gasteiger partial charge on any atom is -0.335 e. The van der Waals surface area contributed by atoms with Gasteiger partial charge < -0.3 is 4.90 Å². The summed E-state index contributed by atoms with van der Waals surface area (Å²) in [6.45, 7) is 1.73. The summed E-state index contributed by atoms with van der Waals surface area (Å²) in [7, 11) is 1.59. The predicted octanol–water partition coefficient (Wildman–Crippen LogP) is 3.67. The van der Waals surface area contributed by atoms with Crippen molar-refractivity contribution in [2.75, 3.05) is 7.05 Å². The first-order valence-corrected chi connectivity index (χ1v) is 6.66. The van der Waals surface area contributed by atoms with E-state index in [4.69, 9.17) is 5.26 Å². The maximum atomic E-state index is 13.3. The Morgan fingerprint density at radius 1 is 1.14 bits per heavy atom. The monoisotopic (exact) mass is 300 g/mol. The number of carbonyl (C=O) groups is 1. The lowest BCUT2D eigenvalue weighted by molar-refractivity contribution is 0.0742. The number of amides is 1. The van der Waals surface area contributed by atoms with Crippen molar-refractivity contribution in [1.82, 2.24) is 4.90 Å². The van der Waals surface area contributed by atoms with Crippen molar-refractivity contribution < 1.29 is 13.6 Å².